The van der Waals surface area contributed by atoms with Crippen LogP contribution >= 0.6 is 0 Å². The number of rotatable bonds is 2. The highest BCUT2D eigenvalue weighted by molar-refractivity contribution is 6.62. The smallest absolute Gasteiger partial charge is 0.442 e. The predicted octanol–water partition coefficient (Wildman–Crippen LogP) is 2.46. The van der Waals surface area contributed by atoms with E-state index in [2.05, 4.69) is 0 Å². The summed E-state index contributed by atoms with van der Waals surface area (Å²) in [6.07, 6.45) is 1.65. The molecule has 1 heterocycles. The van der Waals surface area contributed by atoms with Gasteiger partial charge in [0.15, 0.2) is 0 Å². The van der Waals surface area contributed by atoms with Crippen LogP contribution in [0.1, 0.15) is 57.8 Å². The van der Waals surface area contributed by atoms with Gasteiger partial charge in [0.2, 0.25) is 0 Å². The number of benzene rings is 1. The minimum atomic E-state index is -0.733. The highest BCUT2D eigenvalue weighted by Crippen LogP contribution is 2.38. The first-order valence-corrected chi connectivity index (χ1v) is 8.15. The number of carbonyl (C=O) groups is 1. The van der Waals surface area contributed by atoms with Crippen molar-refractivity contribution in [3.8, 4) is 0 Å². The van der Waals surface area contributed by atoms with Crippen molar-refractivity contribution >= 4 is 18.7 Å². The van der Waals surface area contributed by atoms with Crippen molar-refractivity contribution in [1.29, 1.82) is 0 Å². The van der Waals surface area contributed by atoms with Gasteiger partial charge in [-0.1, -0.05) is 18.2 Å². The molecule has 2 aliphatic rings. The lowest BCUT2D eigenvalue weighted by atomic mass is 9.71. The number of primary amides is 1. The van der Waals surface area contributed by atoms with Crippen LogP contribution in [0.5, 0.6) is 0 Å². The van der Waals surface area contributed by atoms with Gasteiger partial charge in [0.1, 0.15) is 6.10 Å². The Morgan fingerprint density at radius 1 is 1.26 bits per heavy atom. The summed E-state index contributed by atoms with van der Waals surface area (Å²) in [5.74, 6) is 0. The van der Waals surface area contributed by atoms with Gasteiger partial charge >= 0.3 is 13.2 Å². The molecular weight excluding hydrogens is 293 g/mol. The number of amides is 1. The lowest BCUT2D eigenvalue weighted by Gasteiger charge is -2.32. The van der Waals surface area contributed by atoms with Crippen LogP contribution in [0.15, 0.2) is 18.2 Å². The Bertz CT molecular complexity index is 613. The Hall–Kier alpha value is -1.53. The van der Waals surface area contributed by atoms with Gasteiger partial charge in [-0.25, -0.2) is 4.79 Å². The molecule has 1 aliphatic heterocycles. The zero-order chi connectivity index (χ0) is 16.8. The summed E-state index contributed by atoms with van der Waals surface area (Å²) >= 11 is 0. The predicted molar refractivity (Wildman–Crippen MR) is 88.5 cm³/mol. The maximum atomic E-state index is 11.1. The van der Waals surface area contributed by atoms with Crippen LogP contribution in [-0.2, 0) is 20.5 Å². The Morgan fingerprint density at radius 2 is 1.91 bits per heavy atom. The van der Waals surface area contributed by atoms with Crippen LogP contribution in [-0.4, -0.2) is 24.4 Å². The summed E-state index contributed by atoms with van der Waals surface area (Å²) in [6, 6.07) is 5.99. The van der Waals surface area contributed by atoms with Gasteiger partial charge in [-0.05, 0) is 63.5 Å². The van der Waals surface area contributed by atoms with E-state index in [0.717, 1.165) is 35.9 Å². The van der Waals surface area contributed by atoms with E-state index in [4.69, 9.17) is 19.8 Å². The Labute approximate surface area is 137 Å². The fourth-order valence-corrected chi connectivity index (χ4v) is 3.29. The standard InChI is InChI=1S/C17H24BNO4/c1-16(2)17(3,4)23-18(22-16)13-9-5-8-12-11(13)7-6-10-14(12)21-15(19)20/h5,8-9,14H,6-7,10H2,1-4H3,(H2,19,20). The van der Waals surface area contributed by atoms with Crippen LogP contribution in [0.4, 0.5) is 4.79 Å². The second-order valence-corrected chi connectivity index (χ2v) is 7.32. The summed E-state index contributed by atoms with van der Waals surface area (Å²) in [5.41, 5.74) is 7.65. The Kier molecular flexibility index (Phi) is 3.93. The quantitative estimate of drug-likeness (QED) is 0.851. The van der Waals surface area contributed by atoms with E-state index >= 15 is 0 Å². The first-order valence-electron chi connectivity index (χ1n) is 8.15. The summed E-state index contributed by atoms with van der Waals surface area (Å²) in [6.45, 7) is 8.17. The third kappa shape index (κ3) is 2.86. The highest BCUT2D eigenvalue weighted by Gasteiger charge is 2.52. The molecule has 1 fully saturated rings. The minimum absolute atomic E-state index is 0.279. The van der Waals surface area contributed by atoms with E-state index in [0.29, 0.717) is 0 Å². The second kappa shape index (κ2) is 5.53. The second-order valence-electron chi connectivity index (χ2n) is 7.32. The highest BCUT2D eigenvalue weighted by atomic mass is 16.7. The van der Waals surface area contributed by atoms with Gasteiger partial charge in [0.05, 0.1) is 11.2 Å². The van der Waals surface area contributed by atoms with E-state index in [1.165, 1.54) is 0 Å². The molecule has 0 spiro atoms. The van der Waals surface area contributed by atoms with Gasteiger partial charge in [-0.2, -0.15) is 0 Å². The molecule has 1 aliphatic carbocycles. The largest absolute Gasteiger partial charge is 0.495 e. The number of nitrogens with two attached hydrogens (primary N) is 1. The summed E-state index contributed by atoms with van der Waals surface area (Å²) in [5, 5.41) is 0. The molecule has 124 valence electrons. The van der Waals surface area contributed by atoms with Crippen LogP contribution in [0.3, 0.4) is 0 Å². The van der Waals surface area contributed by atoms with Crippen LogP contribution in [0.2, 0.25) is 0 Å². The topological polar surface area (TPSA) is 70.8 Å². The minimum Gasteiger partial charge on any atom is -0.442 e. The van der Waals surface area contributed by atoms with Crippen molar-refractivity contribution in [1.82, 2.24) is 0 Å². The molecule has 1 unspecified atom stereocenters. The van der Waals surface area contributed by atoms with Crippen molar-refractivity contribution in [3.05, 3.63) is 29.3 Å². The molecule has 0 bridgehead atoms. The SMILES string of the molecule is CC1(C)OB(c2cccc3c2CCCC3OC(N)=O)OC1(C)C. The molecule has 0 radical (unpaired) electrons. The van der Waals surface area contributed by atoms with Gasteiger partial charge < -0.3 is 19.8 Å². The van der Waals surface area contributed by atoms with E-state index < -0.39 is 13.2 Å². The lowest BCUT2D eigenvalue weighted by Crippen LogP contribution is -2.41. The summed E-state index contributed by atoms with van der Waals surface area (Å²) in [7, 11) is -0.401. The molecule has 0 aromatic heterocycles. The molecule has 0 saturated carbocycles. The zero-order valence-corrected chi connectivity index (χ0v) is 14.2. The molecule has 23 heavy (non-hydrogen) atoms. The molecule has 1 aromatic rings. The molecule has 1 saturated heterocycles. The van der Waals surface area contributed by atoms with Crippen molar-refractivity contribution in [2.75, 3.05) is 0 Å². The van der Waals surface area contributed by atoms with Gasteiger partial charge in [0.25, 0.3) is 0 Å². The number of ether oxygens (including phenoxy) is 1. The van der Waals surface area contributed by atoms with Crippen molar-refractivity contribution in [2.45, 2.75) is 64.3 Å². The first kappa shape index (κ1) is 16.3. The third-order valence-electron chi connectivity index (χ3n) is 5.25. The maximum absolute atomic E-state index is 11.1. The molecule has 2 N–H and O–H groups in total. The van der Waals surface area contributed by atoms with Crippen molar-refractivity contribution in [3.63, 3.8) is 0 Å². The van der Waals surface area contributed by atoms with Gasteiger partial charge in [-0.15, -0.1) is 0 Å². The van der Waals surface area contributed by atoms with E-state index in [9.17, 15) is 4.79 Å². The number of carbonyl (C=O) groups excluding carboxylic acids is 1. The molecule has 5 nitrogen and oxygen atoms in total. The lowest BCUT2D eigenvalue weighted by molar-refractivity contribution is 0.00578. The van der Waals surface area contributed by atoms with Crippen LogP contribution in [0.25, 0.3) is 0 Å². The van der Waals surface area contributed by atoms with Crippen LogP contribution < -0.4 is 11.2 Å². The van der Waals surface area contributed by atoms with E-state index in [1.807, 2.05) is 45.9 Å². The molecule has 1 amide bonds. The molecule has 1 aromatic carbocycles. The molecule has 3 rings (SSSR count). The average Bonchev–Trinajstić information content (AvgIpc) is 2.66. The zero-order valence-electron chi connectivity index (χ0n) is 14.2. The number of fused-ring (bicyclic) bond motifs is 1. The first-order chi connectivity index (χ1) is 10.7. The molecule has 1 atom stereocenters. The van der Waals surface area contributed by atoms with Gasteiger partial charge in [0, 0.05) is 0 Å². The van der Waals surface area contributed by atoms with Crippen molar-refractivity contribution < 1.29 is 18.8 Å². The van der Waals surface area contributed by atoms with Crippen LogP contribution in [0, 0.1) is 0 Å². The fraction of sp³-hybridized carbons (Fsp3) is 0.588. The summed E-state index contributed by atoms with van der Waals surface area (Å²) in [4.78, 5) is 11.1. The van der Waals surface area contributed by atoms with Gasteiger partial charge in [-0.3, -0.25) is 0 Å². The number of hydrogen-bond donors (Lipinski definition) is 1. The number of hydrogen-bond acceptors (Lipinski definition) is 4. The Balaban J connectivity index is 1.95. The maximum Gasteiger partial charge on any atom is 0.495 e. The molecular formula is C17H24BNO4. The fourth-order valence-electron chi connectivity index (χ4n) is 3.29. The van der Waals surface area contributed by atoms with E-state index in [1.54, 1.807) is 0 Å². The average molecular weight is 317 g/mol. The van der Waals surface area contributed by atoms with E-state index in [-0.39, 0.29) is 17.3 Å². The molecule has 6 heteroatoms. The normalized spacial score (nSPS) is 25.0. The third-order valence-corrected chi connectivity index (χ3v) is 5.25. The Morgan fingerprint density at radius 3 is 2.52 bits per heavy atom. The van der Waals surface area contributed by atoms with Crippen molar-refractivity contribution in [2.24, 2.45) is 5.73 Å². The monoisotopic (exact) mass is 317 g/mol. The summed E-state index contributed by atoms with van der Waals surface area (Å²) < 4.78 is 17.6.